The van der Waals surface area contributed by atoms with Gasteiger partial charge in [-0.1, -0.05) is 25.8 Å². The van der Waals surface area contributed by atoms with Crippen molar-refractivity contribution in [2.75, 3.05) is 19.6 Å². The molecule has 6 nitrogen and oxygen atoms in total. The van der Waals surface area contributed by atoms with Gasteiger partial charge in [0.05, 0.1) is 4.90 Å². The molecule has 1 saturated heterocycles. The lowest BCUT2D eigenvalue weighted by Crippen LogP contribution is -2.46. The third kappa shape index (κ3) is 5.09. The maximum Gasteiger partial charge on any atom is 0.254 e. The Bertz CT molecular complexity index is 739. The summed E-state index contributed by atoms with van der Waals surface area (Å²) >= 11 is 0. The first-order valence-corrected chi connectivity index (χ1v) is 11.6. The maximum atomic E-state index is 13.1. The second-order valence-electron chi connectivity index (χ2n) is 7.61. The zero-order valence-corrected chi connectivity index (χ0v) is 16.9. The first kappa shape index (κ1) is 20.3. The van der Waals surface area contributed by atoms with Crippen LogP contribution in [0.4, 0.5) is 0 Å². The molecule has 2 N–H and O–H groups in total. The molecular weight excluding hydrogens is 362 g/mol. The summed E-state index contributed by atoms with van der Waals surface area (Å²) < 4.78 is 28.2. The Morgan fingerprint density at radius 1 is 1.19 bits per heavy atom. The van der Waals surface area contributed by atoms with Crippen molar-refractivity contribution in [3.8, 4) is 0 Å². The minimum Gasteiger partial charge on any atom is -0.336 e. The summed E-state index contributed by atoms with van der Waals surface area (Å²) in [4.78, 5) is 15.3. The monoisotopic (exact) mass is 393 g/mol. The number of carbonyl (C=O) groups is 1. The molecule has 1 heterocycles. The smallest absolute Gasteiger partial charge is 0.254 e. The molecule has 3 rings (SSSR count). The number of carbonyl (C=O) groups excluding carboxylic acids is 1. The summed E-state index contributed by atoms with van der Waals surface area (Å²) in [6.45, 7) is 4.59. The second-order valence-corrected chi connectivity index (χ2v) is 9.32. The highest BCUT2D eigenvalue weighted by Crippen LogP contribution is 2.22. The molecule has 0 radical (unpaired) electrons. The highest BCUT2D eigenvalue weighted by atomic mass is 32.2. The van der Waals surface area contributed by atoms with Crippen molar-refractivity contribution in [1.82, 2.24) is 14.9 Å². The number of sulfonamides is 1. The quantitative estimate of drug-likeness (QED) is 0.746. The molecule has 0 unspecified atom stereocenters. The molecule has 0 spiro atoms. The van der Waals surface area contributed by atoms with Crippen LogP contribution in [-0.2, 0) is 10.0 Å². The van der Waals surface area contributed by atoms with E-state index in [1.807, 2.05) is 4.90 Å². The third-order valence-electron chi connectivity index (χ3n) is 5.54. The molecule has 1 aliphatic carbocycles. The lowest BCUT2D eigenvalue weighted by Gasteiger charge is -2.34. The fourth-order valence-electron chi connectivity index (χ4n) is 4.10. The molecule has 27 heavy (non-hydrogen) atoms. The van der Waals surface area contributed by atoms with Crippen LogP contribution in [-0.4, -0.2) is 50.9 Å². The van der Waals surface area contributed by atoms with Gasteiger partial charge in [-0.05, 0) is 63.4 Å². The van der Waals surface area contributed by atoms with Gasteiger partial charge in [0.2, 0.25) is 10.0 Å². The molecule has 1 saturated carbocycles. The van der Waals surface area contributed by atoms with Crippen LogP contribution in [0.15, 0.2) is 29.2 Å². The van der Waals surface area contributed by atoms with Crippen LogP contribution in [0.2, 0.25) is 0 Å². The van der Waals surface area contributed by atoms with Crippen LogP contribution < -0.4 is 10.0 Å². The highest BCUT2D eigenvalue weighted by molar-refractivity contribution is 7.89. The standard InChI is InChI=1S/C20H31N3O3S/c1-2-14-23(18-10-12-21-13-11-18)20(24)16-6-5-9-19(15-16)27(25,26)22-17-7-3-4-8-17/h5-6,9,15,17-18,21-22H,2-4,7-8,10-14H2,1H3. The van der Waals surface area contributed by atoms with E-state index in [4.69, 9.17) is 0 Å². The Kier molecular flexibility index (Phi) is 6.89. The maximum absolute atomic E-state index is 13.1. The van der Waals surface area contributed by atoms with Crippen LogP contribution in [0.25, 0.3) is 0 Å². The summed E-state index contributed by atoms with van der Waals surface area (Å²) in [5.74, 6) is -0.0679. The summed E-state index contributed by atoms with van der Waals surface area (Å²) in [7, 11) is -3.59. The molecule has 1 aromatic carbocycles. The molecule has 0 bridgehead atoms. The van der Waals surface area contributed by atoms with Gasteiger partial charge in [0.25, 0.3) is 5.91 Å². The van der Waals surface area contributed by atoms with Gasteiger partial charge in [-0.3, -0.25) is 4.79 Å². The normalized spacial score (nSPS) is 19.3. The van der Waals surface area contributed by atoms with Crippen LogP contribution in [0.3, 0.4) is 0 Å². The van der Waals surface area contributed by atoms with E-state index >= 15 is 0 Å². The average molecular weight is 394 g/mol. The molecule has 2 fully saturated rings. The minimum absolute atomic E-state index is 0.0145. The van der Waals surface area contributed by atoms with Crippen molar-refractivity contribution in [1.29, 1.82) is 0 Å². The third-order valence-corrected chi connectivity index (χ3v) is 7.06. The molecule has 1 aliphatic heterocycles. The molecule has 7 heteroatoms. The van der Waals surface area contributed by atoms with Crippen molar-refractivity contribution < 1.29 is 13.2 Å². The van der Waals surface area contributed by atoms with Gasteiger partial charge >= 0.3 is 0 Å². The minimum atomic E-state index is -3.59. The lowest BCUT2D eigenvalue weighted by molar-refractivity contribution is 0.0642. The predicted molar refractivity (Wildman–Crippen MR) is 106 cm³/mol. The zero-order chi connectivity index (χ0) is 19.3. The van der Waals surface area contributed by atoms with Crippen molar-refractivity contribution in [2.45, 2.75) is 68.8 Å². The van der Waals surface area contributed by atoms with Gasteiger partial charge in [-0.2, -0.15) is 0 Å². The predicted octanol–water partition coefficient (Wildman–Crippen LogP) is 2.51. The Morgan fingerprint density at radius 2 is 1.89 bits per heavy atom. The fourth-order valence-corrected chi connectivity index (χ4v) is 5.45. The molecule has 0 aromatic heterocycles. The topological polar surface area (TPSA) is 78.5 Å². The summed E-state index contributed by atoms with van der Waals surface area (Å²) in [6.07, 6.45) is 6.66. The van der Waals surface area contributed by atoms with E-state index in [1.165, 1.54) is 6.07 Å². The molecule has 1 aromatic rings. The van der Waals surface area contributed by atoms with E-state index in [1.54, 1.807) is 18.2 Å². The van der Waals surface area contributed by atoms with Crippen molar-refractivity contribution in [3.63, 3.8) is 0 Å². The Balaban J connectivity index is 1.79. The zero-order valence-electron chi connectivity index (χ0n) is 16.1. The van der Waals surface area contributed by atoms with Gasteiger partial charge in [0.1, 0.15) is 0 Å². The largest absolute Gasteiger partial charge is 0.336 e. The Hall–Kier alpha value is -1.44. The van der Waals surface area contributed by atoms with Gasteiger partial charge < -0.3 is 10.2 Å². The number of nitrogens with one attached hydrogen (secondary N) is 2. The molecular formula is C20H31N3O3S. The molecule has 1 amide bonds. The fraction of sp³-hybridized carbons (Fsp3) is 0.650. The first-order valence-electron chi connectivity index (χ1n) is 10.2. The van der Waals surface area contributed by atoms with Crippen LogP contribution in [0.5, 0.6) is 0 Å². The first-order chi connectivity index (χ1) is 13.0. The number of hydrogen-bond donors (Lipinski definition) is 2. The SMILES string of the molecule is CCCN(C(=O)c1cccc(S(=O)(=O)NC2CCCC2)c1)C1CCNCC1. The summed E-state index contributed by atoms with van der Waals surface area (Å²) in [5, 5.41) is 3.33. The van der Waals surface area contributed by atoms with E-state index in [-0.39, 0.29) is 22.9 Å². The highest BCUT2D eigenvalue weighted by Gasteiger charge is 2.27. The van der Waals surface area contributed by atoms with Crippen LogP contribution in [0.1, 0.15) is 62.2 Å². The van der Waals surface area contributed by atoms with E-state index in [0.717, 1.165) is 58.0 Å². The number of hydrogen-bond acceptors (Lipinski definition) is 4. The van der Waals surface area contributed by atoms with Crippen molar-refractivity contribution >= 4 is 15.9 Å². The van der Waals surface area contributed by atoms with Gasteiger partial charge in [0, 0.05) is 24.2 Å². The molecule has 150 valence electrons. The summed E-state index contributed by atoms with van der Waals surface area (Å²) in [6, 6.07) is 6.73. The van der Waals surface area contributed by atoms with Crippen LogP contribution in [0, 0.1) is 0 Å². The average Bonchev–Trinajstić information content (AvgIpc) is 3.19. The van der Waals surface area contributed by atoms with Crippen molar-refractivity contribution in [2.24, 2.45) is 0 Å². The molecule has 0 atom stereocenters. The van der Waals surface area contributed by atoms with Gasteiger partial charge in [0.15, 0.2) is 0 Å². The number of rotatable bonds is 7. The summed E-state index contributed by atoms with van der Waals surface area (Å²) in [5.41, 5.74) is 0.455. The number of nitrogens with zero attached hydrogens (tertiary/aromatic N) is 1. The van der Waals surface area contributed by atoms with Gasteiger partial charge in [-0.15, -0.1) is 0 Å². The van der Waals surface area contributed by atoms with Gasteiger partial charge in [-0.25, -0.2) is 13.1 Å². The van der Waals surface area contributed by atoms with E-state index in [0.29, 0.717) is 12.1 Å². The molecule has 2 aliphatic rings. The Morgan fingerprint density at radius 3 is 2.56 bits per heavy atom. The second kappa shape index (κ2) is 9.17. The van der Waals surface area contributed by atoms with Crippen molar-refractivity contribution in [3.05, 3.63) is 29.8 Å². The number of piperidine rings is 1. The van der Waals surface area contributed by atoms with E-state index < -0.39 is 10.0 Å². The number of amides is 1. The number of benzene rings is 1. The van der Waals surface area contributed by atoms with E-state index in [2.05, 4.69) is 17.0 Å². The van der Waals surface area contributed by atoms with E-state index in [9.17, 15) is 13.2 Å². The van der Waals surface area contributed by atoms with Crippen LogP contribution >= 0.6 is 0 Å². The lowest BCUT2D eigenvalue weighted by atomic mass is 10.0. The Labute approximate surface area is 162 Å².